The van der Waals surface area contributed by atoms with Crippen LogP contribution in [0.25, 0.3) is 16.0 Å². The monoisotopic (exact) mass is 468 g/mol. The third-order valence-electron chi connectivity index (χ3n) is 4.94. The van der Waals surface area contributed by atoms with Crippen molar-refractivity contribution in [2.45, 2.75) is 17.5 Å². The summed E-state index contributed by atoms with van der Waals surface area (Å²) in [4.78, 5) is 13.2. The molecule has 3 heterocycles. The highest BCUT2D eigenvalue weighted by molar-refractivity contribution is 7.98. The number of methoxy groups -OCH3 is 1. The van der Waals surface area contributed by atoms with E-state index in [1.807, 2.05) is 64.4 Å². The smallest absolute Gasteiger partial charge is 0.273 e. The maximum absolute atomic E-state index is 13.2. The number of rotatable bonds is 6. The predicted octanol–water partition coefficient (Wildman–Crippen LogP) is 5.11. The molecule has 6 nitrogen and oxygen atoms in total. The Morgan fingerprint density at radius 3 is 2.71 bits per heavy atom. The second-order valence-corrected chi connectivity index (χ2v) is 9.21. The molecule has 0 spiro atoms. The van der Waals surface area contributed by atoms with Crippen molar-refractivity contribution in [2.75, 3.05) is 7.11 Å². The Bertz CT molecular complexity index is 1440. The van der Waals surface area contributed by atoms with Gasteiger partial charge in [-0.1, -0.05) is 47.6 Å². The minimum Gasteiger partial charge on any atom is -0.497 e. The minimum atomic E-state index is -0.0629. The number of fused-ring (bicyclic) bond motifs is 3. The average Bonchev–Trinajstić information content (AvgIpc) is 3.43. The lowest BCUT2D eigenvalue weighted by Gasteiger charge is -2.10. The second-order valence-electron chi connectivity index (χ2n) is 6.91. The summed E-state index contributed by atoms with van der Waals surface area (Å²) in [5, 5.41) is 12.1. The molecule has 0 amide bonds. The second kappa shape index (κ2) is 8.37. The molecule has 0 unspecified atom stereocenters. The zero-order chi connectivity index (χ0) is 21.4. The van der Waals surface area contributed by atoms with Gasteiger partial charge in [-0.15, -0.1) is 21.5 Å². The Balaban J connectivity index is 1.57. The lowest BCUT2D eigenvalue weighted by molar-refractivity contribution is 0.414. The summed E-state index contributed by atoms with van der Waals surface area (Å²) in [5.74, 6) is 2.00. The number of nitrogens with zero attached hydrogens (tertiary/aromatic N) is 4. The first-order chi connectivity index (χ1) is 15.1. The molecule has 5 rings (SSSR count). The van der Waals surface area contributed by atoms with E-state index < -0.39 is 0 Å². The zero-order valence-electron chi connectivity index (χ0n) is 16.5. The standard InChI is InChI=1S/C22H17ClN4O2S2/c1-29-17-7-5-14(6-8-17)12-26-20(28)19-18(9-10-30-19)27-21(26)24-25-22(27)31-13-15-3-2-4-16(23)11-15/h2-11H,12-13H2,1H3. The van der Waals surface area contributed by atoms with Gasteiger partial charge in [0.05, 0.1) is 19.2 Å². The van der Waals surface area contributed by atoms with E-state index >= 15 is 0 Å². The summed E-state index contributed by atoms with van der Waals surface area (Å²) in [5.41, 5.74) is 2.85. The third-order valence-corrected chi connectivity index (χ3v) is 7.07. The summed E-state index contributed by atoms with van der Waals surface area (Å²) in [6.07, 6.45) is 0. The Hall–Kier alpha value is -2.81. The van der Waals surface area contributed by atoms with Crippen LogP contribution in [-0.4, -0.2) is 26.3 Å². The maximum Gasteiger partial charge on any atom is 0.273 e. The highest BCUT2D eigenvalue weighted by Gasteiger charge is 2.18. The molecule has 0 atom stereocenters. The molecule has 0 fully saturated rings. The molecule has 31 heavy (non-hydrogen) atoms. The molecule has 9 heteroatoms. The number of thiophene rings is 1. The number of aromatic nitrogens is 4. The zero-order valence-corrected chi connectivity index (χ0v) is 18.9. The van der Waals surface area contributed by atoms with E-state index in [0.717, 1.165) is 27.5 Å². The van der Waals surface area contributed by atoms with Gasteiger partial charge in [0.1, 0.15) is 10.4 Å². The molecule has 2 aromatic carbocycles. The quantitative estimate of drug-likeness (QED) is 0.324. The predicted molar refractivity (Wildman–Crippen MR) is 126 cm³/mol. The third kappa shape index (κ3) is 3.82. The lowest BCUT2D eigenvalue weighted by atomic mass is 10.2. The van der Waals surface area contributed by atoms with Crippen molar-refractivity contribution in [1.82, 2.24) is 19.2 Å². The van der Waals surface area contributed by atoms with E-state index in [9.17, 15) is 4.79 Å². The number of benzene rings is 2. The van der Waals surface area contributed by atoms with Crippen LogP contribution in [0.4, 0.5) is 0 Å². The number of ether oxygens (including phenoxy) is 1. The van der Waals surface area contributed by atoms with Crippen LogP contribution < -0.4 is 10.3 Å². The minimum absolute atomic E-state index is 0.0629. The van der Waals surface area contributed by atoms with Crippen molar-refractivity contribution in [3.05, 3.63) is 86.5 Å². The number of thioether (sulfide) groups is 1. The van der Waals surface area contributed by atoms with E-state index in [-0.39, 0.29) is 5.56 Å². The molecular formula is C22H17ClN4O2S2. The molecule has 3 aromatic heterocycles. The van der Waals surface area contributed by atoms with E-state index in [1.165, 1.54) is 11.3 Å². The van der Waals surface area contributed by atoms with E-state index in [2.05, 4.69) is 10.2 Å². The van der Waals surface area contributed by atoms with E-state index in [4.69, 9.17) is 16.3 Å². The first-order valence-corrected chi connectivity index (χ1v) is 11.7. The summed E-state index contributed by atoms with van der Waals surface area (Å²) in [6, 6.07) is 17.4. The van der Waals surface area contributed by atoms with Crippen LogP contribution in [0.15, 0.2) is 69.9 Å². The summed E-state index contributed by atoms with van der Waals surface area (Å²) in [7, 11) is 1.63. The van der Waals surface area contributed by atoms with Gasteiger partial charge in [-0.25, -0.2) is 0 Å². The summed E-state index contributed by atoms with van der Waals surface area (Å²) in [6.45, 7) is 0.400. The molecule has 0 aliphatic carbocycles. The average molecular weight is 469 g/mol. The molecule has 0 bridgehead atoms. The first kappa shape index (κ1) is 20.1. The number of halogens is 1. The van der Waals surface area contributed by atoms with E-state index in [0.29, 0.717) is 27.8 Å². The molecule has 0 N–H and O–H groups in total. The number of hydrogen-bond acceptors (Lipinski definition) is 6. The van der Waals surface area contributed by atoms with Crippen LogP contribution in [0, 0.1) is 0 Å². The van der Waals surface area contributed by atoms with Crippen molar-refractivity contribution in [3.63, 3.8) is 0 Å². The summed E-state index contributed by atoms with van der Waals surface area (Å²) < 4.78 is 9.56. The number of hydrogen-bond donors (Lipinski definition) is 0. The molecule has 0 saturated heterocycles. The van der Waals surface area contributed by atoms with Crippen molar-refractivity contribution in [3.8, 4) is 5.75 Å². The van der Waals surface area contributed by atoms with Crippen LogP contribution in [0.5, 0.6) is 5.75 Å². The molecule has 156 valence electrons. The van der Waals surface area contributed by atoms with Crippen LogP contribution in [0.1, 0.15) is 11.1 Å². The SMILES string of the molecule is COc1ccc(Cn2c(=O)c3sccc3n3c(SCc4cccc(Cl)c4)nnc23)cc1. The van der Waals surface area contributed by atoms with Crippen LogP contribution in [-0.2, 0) is 12.3 Å². The van der Waals surface area contributed by atoms with Gasteiger partial charge >= 0.3 is 0 Å². The molecule has 0 aliphatic rings. The molecule has 0 radical (unpaired) electrons. The van der Waals surface area contributed by atoms with Crippen molar-refractivity contribution < 1.29 is 4.74 Å². The normalized spacial score (nSPS) is 11.4. The fourth-order valence-electron chi connectivity index (χ4n) is 3.42. The van der Waals surface area contributed by atoms with Crippen molar-refractivity contribution in [1.29, 1.82) is 0 Å². The van der Waals surface area contributed by atoms with Gasteiger partial charge in [-0.05, 0) is 46.8 Å². The Kier molecular flexibility index (Phi) is 5.43. The van der Waals surface area contributed by atoms with Crippen molar-refractivity contribution in [2.24, 2.45) is 0 Å². The largest absolute Gasteiger partial charge is 0.497 e. The van der Waals surface area contributed by atoms with Crippen LogP contribution >= 0.6 is 34.7 Å². The first-order valence-electron chi connectivity index (χ1n) is 9.49. The topological polar surface area (TPSA) is 61.4 Å². The molecule has 0 saturated carbocycles. The lowest BCUT2D eigenvalue weighted by Crippen LogP contribution is -2.23. The van der Waals surface area contributed by atoms with Gasteiger partial charge in [0.25, 0.3) is 5.56 Å². The molecular weight excluding hydrogens is 452 g/mol. The van der Waals surface area contributed by atoms with Gasteiger partial charge in [0, 0.05) is 10.8 Å². The van der Waals surface area contributed by atoms with E-state index in [1.54, 1.807) is 23.4 Å². The highest BCUT2D eigenvalue weighted by Crippen LogP contribution is 2.27. The Labute approximate surface area is 191 Å². The molecule has 0 aliphatic heterocycles. The van der Waals surface area contributed by atoms with Gasteiger partial charge < -0.3 is 4.74 Å². The Morgan fingerprint density at radius 1 is 1.10 bits per heavy atom. The van der Waals surface area contributed by atoms with Crippen LogP contribution in [0.3, 0.4) is 0 Å². The van der Waals surface area contributed by atoms with Gasteiger partial charge in [-0.2, -0.15) is 0 Å². The molecule has 5 aromatic rings. The summed E-state index contributed by atoms with van der Waals surface area (Å²) >= 11 is 9.11. The van der Waals surface area contributed by atoms with Gasteiger partial charge in [0.2, 0.25) is 5.78 Å². The van der Waals surface area contributed by atoms with Gasteiger partial charge in [0.15, 0.2) is 5.16 Å². The fraction of sp³-hybridized carbons (Fsp3) is 0.136. The maximum atomic E-state index is 13.2. The van der Waals surface area contributed by atoms with Crippen molar-refractivity contribution >= 4 is 50.7 Å². The fourth-order valence-corrected chi connectivity index (χ4v) is 5.34. The van der Waals surface area contributed by atoms with Gasteiger partial charge in [-0.3, -0.25) is 13.8 Å². The Morgan fingerprint density at radius 2 is 1.94 bits per heavy atom. The highest BCUT2D eigenvalue weighted by atomic mass is 35.5. The van der Waals surface area contributed by atoms with Crippen LogP contribution in [0.2, 0.25) is 5.02 Å².